The van der Waals surface area contributed by atoms with Crippen LogP contribution >= 0.6 is 12.2 Å². The number of rotatable bonds is 5. The Balaban J connectivity index is 1.52. The molecule has 3 heterocycles. The van der Waals surface area contributed by atoms with Crippen LogP contribution in [0.1, 0.15) is 18.6 Å². The zero-order valence-corrected chi connectivity index (χ0v) is 16.0. The second-order valence-electron chi connectivity index (χ2n) is 7.20. The molecule has 1 aromatic carbocycles. The number of nitrogens with zero attached hydrogens (tertiary/aromatic N) is 2. The first kappa shape index (κ1) is 18.8. The predicted octanol–water partition coefficient (Wildman–Crippen LogP) is 1.95. The van der Waals surface area contributed by atoms with E-state index in [2.05, 4.69) is 10.5 Å². The standard InChI is InChI=1S/C20H21N3O4S/c24-15(9-14-8-12-4-1-2-6-16(12)27-14)18-17(28)11-21-19(18)20(25)23-7-3-5-13(23)10-22-26/h1-2,4,6,8,10,13,18-19,21,26H,3,5,7,9,11H2/t13-,18?,19-/m0/s1. The highest BCUT2D eigenvalue weighted by molar-refractivity contribution is 7.80. The SMILES string of the molecule is O=C(Cc1cc2ccccc2o1)C1C(=S)CN[C@@H]1C(=O)N1CCC[C@H]1C=NO. The van der Waals surface area contributed by atoms with Crippen LogP contribution in [0.3, 0.4) is 0 Å². The number of likely N-dealkylation sites (tertiary alicyclic amines) is 1. The number of fused-ring (bicyclic) bond motifs is 1. The van der Waals surface area contributed by atoms with Crippen molar-refractivity contribution in [1.82, 2.24) is 10.2 Å². The summed E-state index contributed by atoms with van der Waals surface area (Å²) in [6.45, 7) is 0.930. The molecule has 1 unspecified atom stereocenters. The summed E-state index contributed by atoms with van der Waals surface area (Å²) < 4.78 is 5.75. The first-order valence-corrected chi connectivity index (χ1v) is 9.73. The number of para-hydroxylation sites is 1. The number of amides is 1. The number of thiocarbonyl (C=S) groups is 1. The van der Waals surface area contributed by atoms with E-state index in [1.165, 1.54) is 6.21 Å². The smallest absolute Gasteiger partial charge is 0.241 e. The van der Waals surface area contributed by atoms with Gasteiger partial charge in [0.15, 0.2) is 5.78 Å². The van der Waals surface area contributed by atoms with Gasteiger partial charge in [-0.2, -0.15) is 0 Å². The number of Topliss-reactive ketones (excluding diaryl/α,β-unsaturated/α-hetero) is 1. The van der Waals surface area contributed by atoms with E-state index in [1.807, 2.05) is 30.3 Å². The fourth-order valence-electron chi connectivity index (χ4n) is 4.10. The lowest BCUT2D eigenvalue weighted by Gasteiger charge is -2.27. The van der Waals surface area contributed by atoms with Crippen LogP contribution in [-0.4, -0.2) is 58.0 Å². The molecule has 2 fully saturated rings. The minimum atomic E-state index is -0.683. The molecule has 2 aromatic rings. The maximum atomic E-state index is 13.1. The highest BCUT2D eigenvalue weighted by atomic mass is 32.1. The van der Waals surface area contributed by atoms with Crippen molar-refractivity contribution in [2.75, 3.05) is 13.1 Å². The van der Waals surface area contributed by atoms with Gasteiger partial charge in [-0.25, -0.2) is 0 Å². The molecule has 3 atom stereocenters. The van der Waals surface area contributed by atoms with Crippen LogP contribution in [0.4, 0.5) is 0 Å². The number of carbonyl (C=O) groups is 2. The first-order chi connectivity index (χ1) is 13.6. The maximum absolute atomic E-state index is 13.1. The summed E-state index contributed by atoms with van der Waals surface area (Å²) in [5, 5.41) is 15.9. The Morgan fingerprint density at radius 1 is 1.39 bits per heavy atom. The molecule has 2 saturated heterocycles. The third-order valence-electron chi connectivity index (χ3n) is 5.44. The molecule has 4 rings (SSSR count). The van der Waals surface area contributed by atoms with E-state index in [9.17, 15) is 9.59 Å². The number of ketones is 1. The number of furan rings is 1. The third kappa shape index (κ3) is 3.45. The number of nitrogens with one attached hydrogen (secondary N) is 1. The summed E-state index contributed by atoms with van der Waals surface area (Å²) in [6.07, 6.45) is 3.03. The normalized spacial score (nSPS) is 25.2. The van der Waals surface area contributed by atoms with Gasteiger partial charge in [0.1, 0.15) is 17.4 Å². The number of oxime groups is 1. The molecule has 7 nitrogen and oxygen atoms in total. The van der Waals surface area contributed by atoms with E-state index < -0.39 is 12.0 Å². The molecule has 0 radical (unpaired) electrons. The Morgan fingerprint density at radius 2 is 2.21 bits per heavy atom. The lowest BCUT2D eigenvalue weighted by atomic mass is 9.92. The molecule has 8 heteroatoms. The molecule has 2 aliphatic rings. The Hall–Kier alpha value is -2.58. The molecular weight excluding hydrogens is 378 g/mol. The Morgan fingerprint density at radius 3 is 3.00 bits per heavy atom. The van der Waals surface area contributed by atoms with E-state index in [1.54, 1.807) is 4.90 Å². The lowest BCUT2D eigenvalue weighted by molar-refractivity contribution is -0.136. The second kappa shape index (κ2) is 7.81. The van der Waals surface area contributed by atoms with Gasteiger partial charge in [-0.05, 0) is 25.0 Å². The van der Waals surface area contributed by atoms with Crippen molar-refractivity contribution < 1.29 is 19.2 Å². The van der Waals surface area contributed by atoms with Gasteiger partial charge in [0.25, 0.3) is 0 Å². The minimum Gasteiger partial charge on any atom is -0.461 e. The van der Waals surface area contributed by atoms with Crippen molar-refractivity contribution in [3.05, 3.63) is 36.1 Å². The summed E-state index contributed by atoms with van der Waals surface area (Å²) in [7, 11) is 0. The summed E-state index contributed by atoms with van der Waals surface area (Å²) >= 11 is 5.40. The van der Waals surface area contributed by atoms with Gasteiger partial charge in [-0.3, -0.25) is 9.59 Å². The van der Waals surface area contributed by atoms with E-state index >= 15 is 0 Å². The van der Waals surface area contributed by atoms with E-state index in [4.69, 9.17) is 21.8 Å². The number of carbonyl (C=O) groups excluding carboxylic acids is 2. The van der Waals surface area contributed by atoms with Crippen LogP contribution < -0.4 is 5.32 Å². The predicted molar refractivity (Wildman–Crippen MR) is 108 cm³/mol. The van der Waals surface area contributed by atoms with Crippen molar-refractivity contribution in [2.45, 2.75) is 31.3 Å². The molecule has 0 spiro atoms. The number of hydrogen-bond donors (Lipinski definition) is 2. The van der Waals surface area contributed by atoms with Gasteiger partial charge in [0, 0.05) is 23.3 Å². The highest BCUT2D eigenvalue weighted by Crippen LogP contribution is 2.25. The van der Waals surface area contributed by atoms with E-state index in [0.29, 0.717) is 23.7 Å². The third-order valence-corrected chi connectivity index (χ3v) is 5.83. The minimum absolute atomic E-state index is 0.0898. The summed E-state index contributed by atoms with van der Waals surface area (Å²) in [5.74, 6) is -0.397. The zero-order chi connectivity index (χ0) is 19.7. The number of benzene rings is 1. The van der Waals surface area contributed by atoms with Gasteiger partial charge in [-0.15, -0.1) is 0 Å². The van der Waals surface area contributed by atoms with Crippen LogP contribution in [0.25, 0.3) is 11.0 Å². The lowest BCUT2D eigenvalue weighted by Crippen LogP contribution is -2.50. The summed E-state index contributed by atoms with van der Waals surface area (Å²) in [4.78, 5) is 28.3. The van der Waals surface area contributed by atoms with Gasteiger partial charge in [0.2, 0.25) is 5.91 Å². The highest BCUT2D eigenvalue weighted by Gasteiger charge is 2.44. The molecule has 146 valence electrons. The molecule has 2 N–H and O–H groups in total. The van der Waals surface area contributed by atoms with Crippen LogP contribution in [0.2, 0.25) is 0 Å². The largest absolute Gasteiger partial charge is 0.461 e. The fourth-order valence-corrected chi connectivity index (χ4v) is 4.45. The molecular formula is C20H21N3O4S. The molecule has 28 heavy (non-hydrogen) atoms. The molecule has 0 bridgehead atoms. The van der Waals surface area contributed by atoms with E-state index in [-0.39, 0.29) is 24.2 Å². The Labute approximate surface area is 167 Å². The Bertz CT molecular complexity index is 921. The molecule has 0 saturated carbocycles. The molecule has 0 aliphatic carbocycles. The summed E-state index contributed by atoms with van der Waals surface area (Å²) in [5.41, 5.74) is 0.730. The van der Waals surface area contributed by atoms with Gasteiger partial charge >= 0.3 is 0 Å². The van der Waals surface area contributed by atoms with Crippen LogP contribution in [0.15, 0.2) is 39.9 Å². The van der Waals surface area contributed by atoms with Crippen molar-refractivity contribution >= 4 is 46.0 Å². The second-order valence-corrected chi connectivity index (χ2v) is 7.73. The van der Waals surface area contributed by atoms with Crippen molar-refractivity contribution in [3.8, 4) is 0 Å². The van der Waals surface area contributed by atoms with Crippen molar-refractivity contribution in [2.24, 2.45) is 11.1 Å². The van der Waals surface area contributed by atoms with Crippen LogP contribution in [-0.2, 0) is 16.0 Å². The first-order valence-electron chi connectivity index (χ1n) is 9.33. The average molecular weight is 399 g/mol. The quantitative estimate of drug-likeness (QED) is 0.345. The molecule has 1 amide bonds. The zero-order valence-electron chi connectivity index (χ0n) is 15.2. The summed E-state index contributed by atoms with van der Waals surface area (Å²) in [6, 6.07) is 8.49. The topological polar surface area (TPSA) is 95.1 Å². The molecule has 2 aliphatic heterocycles. The van der Waals surface area contributed by atoms with Crippen molar-refractivity contribution in [3.63, 3.8) is 0 Å². The molecule has 1 aromatic heterocycles. The van der Waals surface area contributed by atoms with Gasteiger partial charge < -0.3 is 19.8 Å². The monoisotopic (exact) mass is 399 g/mol. The van der Waals surface area contributed by atoms with E-state index in [0.717, 1.165) is 23.8 Å². The Kier molecular flexibility index (Phi) is 5.23. The van der Waals surface area contributed by atoms with Gasteiger partial charge in [-0.1, -0.05) is 35.6 Å². The number of hydrogen-bond acceptors (Lipinski definition) is 7. The van der Waals surface area contributed by atoms with Gasteiger partial charge in [0.05, 0.1) is 24.6 Å². The van der Waals surface area contributed by atoms with Crippen LogP contribution in [0, 0.1) is 5.92 Å². The average Bonchev–Trinajstić information content (AvgIpc) is 3.39. The maximum Gasteiger partial charge on any atom is 0.241 e. The van der Waals surface area contributed by atoms with Crippen LogP contribution in [0.5, 0.6) is 0 Å². The van der Waals surface area contributed by atoms with Crippen molar-refractivity contribution in [1.29, 1.82) is 0 Å². The fraction of sp³-hybridized carbons (Fsp3) is 0.400.